The summed E-state index contributed by atoms with van der Waals surface area (Å²) < 4.78 is 1.69. The predicted molar refractivity (Wildman–Crippen MR) is 110 cm³/mol. The lowest BCUT2D eigenvalue weighted by Gasteiger charge is -2.00. The Morgan fingerprint density at radius 1 is 1.18 bits per heavy atom. The van der Waals surface area contributed by atoms with E-state index in [0.717, 1.165) is 16.8 Å². The van der Waals surface area contributed by atoms with Crippen molar-refractivity contribution in [1.82, 2.24) is 14.6 Å². The number of fused-ring (bicyclic) bond motifs is 1. The minimum absolute atomic E-state index is 0.0110. The number of hydrogen-bond donors (Lipinski definition) is 1. The number of nitriles is 1. The molecule has 0 unspecified atom stereocenters. The number of nitrogens with zero attached hydrogens (tertiary/aromatic N) is 4. The van der Waals surface area contributed by atoms with E-state index in [-0.39, 0.29) is 11.5 Å². The van der Waals surface area contributed by atoms with Crippen LogP contribution in [0.3, 0.4) is 0 Å². The molecule has 1 amide bonds. The monoisotopic (exact) mass is 385 g/mol. The first-order valence-electron chi connectivity index (χ1n) is 8.53. The number of thiazole rings is 1. The van der Waals surface area contributed by atoms with Gasteiger partial charge in [0.15, 0.2) is 0 Å². The molecule has 4 aromatic rings. The third-order valence-electron chi connectivity index (χ3n) is 4.13. The highest BCUT2D eigenvalue weighted by atomic mass is 32.1. The zero-order valence-electron chi connectivity index (χ0n) is 15.0. The normalized spacial score (nSPS) is 11.4. The summed E-state index contributed by atoms with van der Waals surface area (Å²) in [6, 6.07) is 19.2. The first kappa shape index (κ1) is 17.6. The predicted octanol–water partition coefficient (Wildman–Crippen LogP) is 4.31. The Labute approximate surface area is 165 Å². The molecule has 28 heavy (non-hydrogen) atoms. The van der Waals surface area contributed by atoms with Crippen LogP contribution < -0.4 is 5.32 Å². The lowest BCUT2D eigenvalue weighted by atomic mass is 10.1. The van der Waals surface area contributed by atoms with Crippen molar-refractivity contribution in [2.24, 2.45) is 0 Å². The highest BCUT2D eigenvalue weighted by Crippen LogP contribution is 2.26. The molecule has 2 heterocycles. The van der Waals surface area contributed by atoms with E-state index in [1.807, 2.05) is 73.0 Å². The van der Waals surface area contributed by atoms with Crippen molar-refractivity contribution in [3.05, 3.63) is 76.7 Å². The standard InChI is InChI=1S/C21H15N5OS/c1-14-7-9-16(10-8-14)18-13-28-21-24-20(25-26(18)21)23-19(27)17(12-22)11-15-5-3-2-4-6-15/h2-11,13H,1H3,(H,23,25,27)/b17-11+. The first-order valence-corrected chi connectivity index (χ1v) is 9.41. The maximum absolute atomic E-state index is 12.5. The molecular weight excluding hydrogens is 370 g/mol. The SMILES string of the molecule is Cc1ccc(-c2csc3nc(NC(=O)/C(C#N)=C/c4ccccc4)nn23)cc1. The number of amides is 1. The molecule has 0 radical (unpaired) electrons. The molecule has 2 aromatic carbocycles. The van der Waals surface area contributed by atoms with Crippen molar-refractivity contribution in [3.63, 3.8) is 0 Å². The first-order chi connectivity index (χ1) is 13.6. The van der Waals surface area contributed by atoms with Crippen LogP contribution in [0.1, 0.15) is 11.1 Å². The van der Waals surface area contributed by atoms with E-state index in [2.05, 4.69) is 15.4 Å². The van der Waals surface area contributed by atoms with Crippen LogP contribution in [0, 0.1) is 18.3 Å². The average molecular weight is 385 g/mol. The Kier molecular flexibility index (Phi) is 4.70. The fourth-order valence-electron chi connectivity index (χ4n) is 2.69. The Morgan fingerprint density at radius 3 is 2.64 bits per heavy atom. The summed E-state index contributed by atoms with van der Waals surface area (Å²) in [7, 11) is 0. The molecule has 0 aliphatic rings. The van der Waals surface area contributed by atoms with E-state index in [1.165, 1.54) is 23.0 Å². The molecule has 0 spiro atoms. The second-order valence-corrected chi connectivity index (χ2v) is 6.99. The number of nitrogens with one attached hydrogen (secondary N) is 1. The Morgan fingerprint density at radius 2 is 1.93 bits per heavy atom. The van der Waals surface area contributed by atoms with Crippen LogP contribution in [0.15, 0.2) is 65.6 Å². The summed E-state index contributed by atoms with van der Waals surface area (Å²) >= 11 is 1.44. The summed E-state index contributed by atoms with van der Waals surface area (Å²) in [4.78, 5) is 17.5. The lowest BCUT2D eigenvalue weighted by molar-refractivity contribution is -0.112. The molecule has 0 saturated carbocycles. The minimum atomic E-state index is -0.540. The Hall–Kier alpha value is -3.76. The van der Waals surface area contributed by atoms with Gasteiger partial charge < -0.3 is 0 Å². The number of benzene rings is 2. The fourth-order valence-corrected chi connectivity index (χ4v) is 3.52. The van der Waals surface area contributed by atoms with Crippen LogP contribution >= 0.6 is 11.3 Å². The summed E-state index contributed by atoms with van der Waals surface area (Å²) in [5.41, 5.74) is 3.85. The Bertz CT molecular complexity index is 1210. The highest BCUT2D eigenvalue weighted by molar-refractivity contribution is 7.15. The van der Waals surface area contributed by atoms with Crippen molar-refractivity contribution < 1.29 is 4.79 Å². The molecule has 136 valence electrons. The number of aryl methyl sites for hydroxylation is 1. The molecule has 0 atom stereocenters. The van der Waals surface area contributed by atoms with Crippen LogP contribution in [0.25, 0.3) is 22.3 Å². The lowest BCUT2D eigenvalue weighted by Crippen LogP contribution is -2.14. The summed E-state index contributed by atoms with van der Waals surface area (Å²) in [6.45, 7) is 2.03. The maximum atomic E-state index is 12.5. The molecule has 0 fully saturated rings. The van der Waals surface area contributed by atoms with Crippen molar-refractivity contribution in [1.29, 1.82) is 5.26 Å². The zero-order valence-corrected chi connectivity index (χ0v) is 15.8. The average Bonchev–Trinajstić information content (AvgIpc) is 3.28. The van der Waals surface area contributed by atoms with Gasteiger partial charge in [-0.25, -0.2) is 4.52 Å². The Balaban J connectivity index is 1.60. The molecule has 0 bridgehead atoms. The van der Waals surface area contributed by atoms with Gasteiger partial charge in [-0.3, -0.25) is 10.1 Å². The molecule has 0 aliphatic heterocycles. The number of carbonyl (C=O) groups is 1. The number of aromatic nitrogens is 3. The largest absolute Gasteiger partial charge is 0.288 e. The molecule has 7 heteroatoms. The second-order valence-electron chi connectivity index (χ2n) is 6.15. The van der Waals surface area contributed by atoms with Crippen molar-refractivity contribution in [2.45, 2.75) is 6.92 Å². The summed E-state index contributed by atoms with van der Waals surface area (Å²) in [6.07, 6.45) is 1.53. The maximum Gasteiger partial charge on any atom is 0.268 e. The zero-order chi connectivity index (χ0) is 19.5. The van der Waals surface area contributed by atoms with Crippen LogP contribution in [0.2, 0.25) is 0 Å². The topological polar surface area (TPSA) is 83.1 Å². The van der Waals surface area contributed by atoms with E-state index in [0.29, 0.717) is 4.96 Å². The minimum Gasteiger partial charge on any atom is -0.288 e. The van der Waals surface area contributed by atoms with Crippen LogP contribution in [-0.4, -0.2) is 20.5 Å². The fraction of sp³-hybridized carbons (Fsp3) is 0.0476. The van der Waals surface area contributed by atoms with Gasteiger partial charge in [-0.1, -0.05) is 60.2 Å². The number of carbonyl (C=O) groups excluding carboxylic acids is 1. The van der Waals surface area contributed by atoms with E-state index in [4.69, 9.17) is 0 Å². The number of hydrogen-bond acceptors (Lipinski definition) is 5. The van der Waals surface area contributed by atoms with Gasteiger partial charge in [0.2, 0.25) is 4.96 Å². The van der Waals surface area contributed by atoms with Crippen molar-refractivity contribution >= 4 is 34.2 Å². The van der Waals surface area contributed by atoms with Gasteiger partial charge in [0.25, 0.3) is 11.9 Å². The van der Waals surface area contributed by atoms with Crippen LogP contribution in [0.5, 0.6) is 0 Å². The van der Waals surface area contributed by atoms with Gasteiger partial charge in [0.05, 0.1) is 5.69 Å². The molecule has 1 N–H and O–H groups in total. The highest BCUT2D eigenvalue weighted by Gasteiger charge is 2.15. The summed E-state index contributed by atoms with van der Waals surface area (Å²) in [5, 5.41) is 18.3. The van der Waals surface area contributed by atoms with E-state index < -0.39 is 5.91 Å². The molecule has 0 saturated heterocycles. The van der Waals surface area contributed by atoms with Gasteiger partial charge in [0, 0.05) is 10.9 Å². The molecule has 0 aliphatic carbocycles. The second kappa shape index (κ2) is 7.47. The van der Waals surface area contributed by atoms with Crippen molar-refractivity contribution in [3.8, 4) is 17.3 Å². The van der Waals surface area contributed by atoms with E-state index >= 15 is 0 Å². The molecular formula is C21H15N5OS. The van der Waals surface area contributed by atoms with Gasteiger partial charge in [-0.2, -0.15) is 10.2 Å². The number of anilines is 1. The van der Waals surface area contributed by atoms with Crippen LogP contribution in [0.4, 0.5) is 5.95 Å². The quantitative estimate of drug-likeness (QED) is 0.419. The molecule has 4 rings (SSSR count). The van der Waals surface area contributed by atoms with Crippen LogP contribution in [-0.2, 0) is 4.79 Å². The third kappa shape index (κ3) is 3.54. The summed E-state index contributed by atoms with van der Waals surface area (Å²) in [5.74, 6) is -0.374. The van der Waals surface area contributed by atoms with E-state index in [1.54, 1.807) is 4.52 Å². The number of rotatable bonds is 4. The van der Waals surface area contributed by atoms with Gasteiger partial charge in [-0.05, 0) is 18.6 Å². The van der Waals surface area contributed by atoms with Gasteiger partial charge in [-0.15, -0.1) is 16.4 Å². The van der Waals surface area contributed by atoms with E-state index in [9.17, 15) is 10.1 Å². The molecule has 6 nitrogen and oxygen atoms in total. The molecule has 2 aromatic heterocycles. The van der Waals surface area contributed by atoms with Crippen molar-refractivity contribution in [2.75, 3.05) is 5.32 Å². The van der Waals surface area contributed by atoms with Gasteiger partial charge >= 0.3 is 0 Å². The smallest absolute Gasteiger partial charge is 0.268 e. The van der Waals surface area contributed by atoms with Gasteiger partial charge in [0.1, 0.15) is 11.6 Å². The third-order valence-corrected chi connectivity index (χ3v) is 4.95.